The van der Waals surface area contributed by atoms with Gasteiger partial charge in [-0.1, -0.05) is 6.08 Å². The number of aryl methyl sites for hydroxylation is 1. The lowest BCUT2D eigenvalue weighted by Gasteiger charge is -2.19. The van der Waals surface area contributed by atoms with Crippen LogP contribution in [0.15, 0.2) is 41.0 Å². The van der Waals surface area contributed by atoms with Crippen molar-refractivity contribution in [1.82, 2.24) is 4.90 Å². The summed E-state index contributed by atoms with van der Waals surface area (Å²) in [4.78, 5) is 5.04. The number of hydrogen-bond acceptors (Lipinski definition) is 4. The van der Waals surface area contributed by atoms with Crippen molar-refractivity contribution in [3.05, 3.63) is 52.1 Å². The van der Waals surface area contributed by atoms with E-state index < -0.39 is 0 Å². The van der Waals surface area contributed by atoms with E-state index in [9.17, 15) is 0 Å². The summed E-state index contributed by atoms with van der Waals surface area (Å²) in [7, 11) is 0. The largest absolute Gasteiger partial charge is 0.465 e. The second-order valence-electron chi connectivity index (χ2n) is 4.74. The maximum absolute atomic E-state index is 9.00. The van der Waals surface area contributed by atoms with Gasteiger partial charge in [-0.05, 0) is 43.7 Å². The van der Waals surface area contributed by atoms with Gasteiger partial charge >= 0.3 is 0 Å². The number of thiophene rings is 1. The fourth-order valence-electron chi connectivity index (χ4n) is 2.02. The van der Waals surface area contributed by atoms with E-state index in [-0.39, 0.29) is 6.61 Å². The molecule has 4 heteroatoms. The number of aliphatic hydroxyl groups excluding tert-OH is 1. The number of hydrogen-bond donors (Lipinski definition) is 1. The summed E-state index contributed by atoms with van der Waals surface area (Å²) in [6.07, 6.45) is 6.58. The lowest BCUT2D eigenvalue weighted by molar-refractivity contribution is 0.233. The van der Waals surface area contributed by atoms with Crippen LogP contribution in [0.1, 0.15) is 21.9 Å². The van der Waals surface area contributed by atoms with Crippen molar-refractivity contribution in [1.29, 1.82) is 0 Å². The average Bonchev–Trinajstić information content (AvgIpc) is 3.08. The molecule has 108 valence electrons. The topological polar surface area (TPSA) is 36.6 Å². The standard InChI is InChI=1S/C16H21NO2S/c1-14-7-8-16(20-14)13-17(10-4-11-18)9-2-5-15-6-3-12-19-15/h2-3,5-8,12,18H,4,9-11,13H2,1H3/b5-2+. The fraction of sp³-hybridized carbons (Fsp3) is 0.375. The molecule has 0 unspecified atom stereocenters. The second kappa shape index (κ2) is 8.04. The summed E-state index contributed by atoms with van der Waals surface area (Å²) in [5.41, 5.74) is 0. The molecule has 0 saturated carbocycles. The van der Waals surface area contributed by atoms with Crippen LogP contribution < -0.4 is 0 Å². The molecule has 2 aromatic rings. The van der Waals surface area contributed by atoms with Crippen molar-refractivity contribution in [3.8, 4) is 0 Å². The number of furan rings is 1. The molecule has 2 heterocycles. The van der Waals surface area contributed by atoms with Crippen LogP contribution in [-0.4, -0.2) is 29.7 Å². The van der Waals surface area contributed by atoms with E-state index in [1.165, 1.54) is 9.75 Å². The first-order chi connectivity index (χ1) is 9.78. The van der Waals surface area contributed by atoms with Crippen LogP contribution >= 0.6 is 11.3 Å². The van der Waals surface area contributed by atoms with Crippen molar-refractivity contribution in [3.63, 3.8) is 0 Å². The Kier molecular flexibility index (Phi) is 6.05. The minimum Gasteiger partial charge on any atom is -0.465 e. The maximum atomic E-state index is 9.00. The van der Waals surface area contributed by atoms with Crippen molar-refractivity contribution >= 4 is 17.4 Å². The zero-order valence-corrected chi connectivity index (χ0v) is 12.6. The van der Waals surface area contributed by atoms with Crippen LogP contribution in [0, 0.1) is 6.92 Å². The molecule has 3 nitrogen and oxygen atoms in total. The molecule has 0 radical (unpaired) electrons. The Hall–Kier alpha value is -1.36. The summed E-state index contributed by atoms with van der Waals surface area (Å²) >= 11 is 1.83. The Balaban J connectivity index is 1.89. The van der Waals surface area contributed by atoms with Gasteiger partial charge in [0.15, 0.2) is 0 Å². The third-order valence-electron chi connectivity index (χ3n) is 3.00. The minimum absolute atomic E-state index is 0.238. The highest BCUT2D eigenvalue weighted by Gasteiger charge is 2.05. The van der Waals surface area contributed by atoms with Gasteiger partial charge in [-0.3, -0.25) is 4.90 Å². The summed E-state index contributed by atoms with van der Waals surface area (Å²) in [5, 5.41) is 9.00. The molecule has 0 aliphatic heterocycles. The van der Waals surface area contributed by atoms with Gasteiger partial charge in [0.2, 0.25) is 0 Å². The van der Waals surface area contributed by atoms with Crippen LogP contribution in [-0.2, 0) is 6.54 Å². The normalized spacial score (nSPS) is 11.8. The maximum Gasteiger partial charge on any atom is 0.126 e. The highest BCUT2D eigenvalue weighted by atomic mass is 32.1. The minimum atomic E-state index is 0.238. The van der Waals surface area contributed by atoms with Crippen molar-refractivity contribution in [2.24, 2.45) is 0 Å². The molecule has 2 aromatic heterocycles. The molecule has 0 fully saturated rings. The van der Waals surface area contributed by atoms with Crippen molar-refractivity contribution < 1.29 is 9.52 Å². The van der Waals surface area contributed by atoms with Crippen LogP contribution in [0.2, 0.25) is 0 Å². The third kappa shape index (κ3) is 4.96. The highest BCUT2D eigenvalue weighted by molar-refractivity contribution is 7.11. The molecule has 0 aliphatic carbocycles. The van der Waals surface area contributed by atoms with Crippen LogP contribution in [0.5, 0.6) is 0 Å². The predicted molar refractivity (Wildman–Crippen MR) is 83.8 cm³/mol. The van der Waals surface area contributed by atoms with E-state index >= 15 is 0 Å². The molecule has 0 aliphatic rings. The summed E-state index contributed by atoms with van der Waals surface area (Å²) < 4.78 is 5.27. The van der Waals surface area contributed by atoms with Crippen molar-refractivity contribution in [2.75, 3.05) is 19.7 Å². The van der Waals surface area contributed by atoms with E-state index in [0.29, 0.717) is 0 Å². The molecular formula is C16H21NO2S. The lowest BCUT2D eigenvalue weighted by atomic mass is 10.3. The Morgan fingerprint density at radius 2 is 2.25 bits per heavy atom. The smallest absolute Gasteiger partial charge is 0.126 e. The van der Waals surface area contributed by atoms with Gasteiger partial charge in [-0.15, -0.1) is 11.3 Å². The summed E-state index contributed by atoms with van der Waals surface area (Å²) in [6.45, 7) is 5.06. The van der Waals surface area contributed by atoms with Crippen LogP contribution in [0.4, 0.5) is 0 Å². The number of nitrogens with zero attached hydrogens (tertiary/aromatic N) is 1. The molecule has 0 spiro atoms. The Bertz CT molecular complexity index is 516. The molecule has 0 amide bonds. The molecule has 0 aromatic carbocycles. The molecular weight excluding hydrogens is 270 g/mol. The number of aliphatic hydroxyl groups is 1. The predicted octanol–water partition coefficient (Wildman–Crippen LogP) is 3.55. The van der Waals surface area contributed by atoms with E-state index in [1.54, 1.807) is 6.26 Å². The van der Waals surface area contributed by atoms with Gasteiger partial charge in [0.1, 0.15) is 5.76 Å². The van der Waals surface area contributed by atoms with Gasteiger partial charge in [-0.25, -0.2) is 0 Å². The molecule has 0 saturated heterocycles. The first-order valence-electron chi connectivity index (χ1n) is 6.86. The second-order valence-corrected chi connectivity index (χ2v) is 6.11. The van der Waals surface area contributed by atoms with Gasteiger partial charge < -0.3 is 9.52 Å². The molecule has 0 atom stereocenters. The summed E-state index contributed by atoms with van der Waals surface area (Å²) in [5.74, 6) is 0.874. The fourth-order valence-corrected chi connectivity index (χ4v) is 2.96. The third-order valence-corrected chi connectivity index (χ3v) is 3.98. The lowest BCUT2D eigenvalue weighted by Crippen LogP contribution is -2.24. The zero-order chi connectivity index (χ0) is 14.2. The first kappa shape index (κ1) is 15.0. The Morgan fingerprint density at radius 3 is 2.90 bits per heavy atom. The molecule has 2 rings (SSSR count). The SMILES string of the molecule is Cc1ccc(CN(C/C=C/c2ccco2)CCCO)s1. The molecule has 1 N–H and O–H groups in total. The zero-order valence-electron chi connectivity index (χ0n) is 11.8. The van der Waals surface area contributed by atoms with Gasteiger partial charge in [0.25, 0.3) is 0 Å². The van der Waals surface area contributed by atoms with Crippen molar-refractivity contribution in [2.45, 2.75) is 19.9 Å². The van der Waals surface area contributed by atoms with Gasteiger partial charge in [0.05, 0.1) is 6.26 Å². The first-order valence-corrected chi connectivity index (χ1v) is 7.68. The Labute approximate surface area is 124 Å². The van der Waals surface area contributed by atoms with Gasteiger partial charge in [0, 0.05) is 36.0 Å². The monoisotopic (exact) mass is 291 g/mol. The molecule has 0 bridgehead atoms. The van der Waals surface area contributed by atoms with E-state index in [1.807, 2.05) is 29.5 Å². The van der Waals surface area contributed by atoms with Crippen LogP contribution in [0.3, 0.4) is 0 Å². The quantitative estimate of drug-likeness (QED) is 0.808. The summed E-state index contributed by atoms with van der Waals surface area (Å²) in [6, 6.07) is 8.17. The van der Waals surface area contributed by atoms with E-state index in [2.05, 4.69) is 30.0 Å². The molecule has 20 heavy (non-hydrogen) atoms. The van der Waals surface area contributed by atoms with E-state index in [0.717, 1.165) is 31.8 Å². The number of rotatable bonds is 8. The Morgan fingerprint density at radius 1 is 1.35 bits per heavy atom. The van der Waals surface area contributed by atoms with Crippen LogP contribution in [0.25, 0.3) is 6.08 Å². The highest BCUT2D eigenvalue weighted by Crippen LogP contribution is 2.17. The average molecular weight is 291 g/mol. The van der Waals surface area contributed by atoms with E-state index in [4.69, 9.17) is 9.52 Å². The van der Waals surface area contributed by atoms with Gasteiger partial charge in [-0.2, -0.15) is 0 Å².